The molecule has 1 saturated heterocycles. The molecule has 0 unspecified atom stereocenters. The number of aryl methyl sites for hydroxylation is 1. The van der Waals surface area contributed by atoms with E-state index in [-0.39, 0.29) is 17.2 Å². The van der Waals surface area contributed by atoms with Gasteiger partial charge < -0.3 is 15.2 Å². The van der Waals surface area contributed by atoms with Crippen LogP contribution in [0, 0.1) is 5.82 Å². The molecule has 4 nitrogen and oxygen atoms in total. The molecule has 5 rings (SSSR count). The molecule has 0 saturated carbocycles. The first-order valence-corrected chi connectivity index (χ1v) is 11.8. The molecule has 0 radical (unpaired) electrons. The average molecular weight is 458 g/mol. The molecule has 0 spiro atoms. The molecule has 2 N–H and O–H groups in total. The van der Waals surface area contributed by atoms with Gasteiger partial charge in [0.15, 0.2) is 5.50 Å². The van der Waals surface area contributed by atoms with E-state index in [0.29, 0.717) is 11.4 Å². The van der Waals surface area contributed by atoms with E-state index in [4.69, 9.17) is 0 Å². The first kappa shape index (κ1) is 21.3. The minimum Gasteiger partial charge on any atom is -0.357 e. The number of rotatable bonds is 6. The Morgan fingerprint density at radius 1 is 1.03 bits per heavy atom. The van der Waals surface area contributed by atoms with Crippen LogP contribution in [0.15, 0.2) is 83.9 Å². The highest BCUT2D eigenvalue weighted by atomic mass is 32.2. The van der Waals surface area contributed by atoms with E-state index in [9.17, 15) is 9.18 Å². The smallest absolute Gasteiger partial charge is 0.260 e. The van der Waals surface area contributed by atoms with Crippen molar-refractivity contribution < 1.29 is 9.18 Å². The number of nitrogens with zero attached hydrogens (tertiary/aromatic N) is 1. The van der Waals surface area contributed by atoms with Crippen LogP contribution >= 0.6 is 11.8 Å². The van der Waals surface area contributed by atoms with Crippen molar-refractivity contribution in [3.63, 3.8) is 0 Å². The Morgan fingerprint density at radius 3 is 2.52 bits per heavy atom. The Bertz CT molecular complexity index is 1330. The summed E-state index contributed by atoms with van der Waals surface area (Å²) in [5.41, 5.74) is 5.11. The molecule has 2 heterocycles. The summed E-state index contributed by atoms with van der Waals surface area (Å²) in [6.07, 6.45) is 5.00. The second-order valence-electron chi connectivity index (χ2n) is 8.03. The van der Waals surface area contributed by atoms with Gasteiger partial charge in [0.1, 0.15) is 5.82 Å². The highest BCUT2D eigenvalue weighted by molar-refractivity contribution is 8.05. The van der Waals surface area contributed by atoms with Crippen molar-refractivity contribution in [2.75, 3.05) is 5.32 Å². The lowest BCUT2D eigenvalue weighted by Gasteiger charge is -2.12. The Morgan fingerprint density at radius 2 is 1.76 bits per heavy atom. The van der Waals surface area contributed by atoms with Gasteiger partial charge in [-0.25, -0.2) is 4.39 Å². The second-order valence-corrected chi connectivity index (χ2v) is 9.18. The summed E-state index contributed by atoms with van der Waals surface area (Å²) in [6, 6.07) is 22.9. The summed E-state index contributed by atoms with van der Waals surface area (Å²) in [7, 11) is 0. The molecule has 3 aromatic carbocycles. The van der Waals surface area contributed by atoms with E-state index < -0.39 is 0 Å². The molecule has 0 aliphatic carbocycles. The standard InChI is InChI=1S/C27H24FN3OS/c1-2-18-9-13-22(14-10-18)29-27-30-26(32)25(33-27)15-20-17-31(24-6-4-3-5-23(20)24)16-19-7-11-21(28)12-8-19/h3-15,17,27,29H,2,16H2,1H3,(H,30,32)/b25-15-/t27-/m1/s1. The number of thioether (sulfide) groups is 1. The summed E-state index contributed by atoms with van der Waals surface area (Å²) >= 11 is 1.48. The second kappa shape index (κ2) is 9.16. The molecule has 33 heavy (non-hydrogen) atoms. The van der Waals surface area contributed by atoms with E-state index in [1.807, 2.05) is 30.3 Å². The van der Waals surface area contributed by atoms with E-state index in [1.54, 1.807) is 12.1 Å². The Labute approximate surface area is 196 Å². The van der Waals surface area contributed by atoms with Gasteiger partial charge in [-0.2, -0.15) is 0 Å². The fourth-order valence-corrected chi connectivity index (χ4v) is 4.98. The van der Waals surface area contributed by atoms with Crippen LogP contribution in [0.2, 0.25) is 0 Å². The first-order valence-electron chi connectivity index (χ1n) is 11.0. The van der Waals surface area contributed by atoms with Crippen LogP contribution in [0.4, 0.5) is 10.1 Å². The van der Waals surface area contributed by atoms with Crippen molar-refractivity contribution in [2.45, 2.75) is 25.4 Å². The van der Waals surface area contributed by atoms with Crippen LogP contribution < -0.4 is 10.6 Å². The first-order chi connectivity index (χ1) is 16.1. The summed E-state index contributed by atoms with van der Waals surface area (Å²) < 4.78 is 15.4. The largest absolute Gasteiger partial charge is 0.357 e. The van der Waals surface area contributed by atoms with Gasteiger partial charge in [-0.05, 0) is 54.0 Å². The number of hydrogen-bond acceptors (Lipinski definition) is 3. The lowest BCUT2D eigenvalue weighted by atomic mass is 10.1. The van der Waals surface area contributed by atoms with Gasteiger partial charge >= 0.3 is 0 Å². The topological polar surface area (TPSA) is 46.1 Å². The number of fused-ring (bicyclic) bond motifs is 1. The number of nitrogens with one attached hydrogen (secondary N) is 2. The van der Waals surface area contributed by atoms with Gasteiger partial charge in [0.05, 0.1) is 4.91 Å². The number of anilines is 1. The van der Waals surface area contributed by atoms with Crippen molar-refractivity contribution >= 4 is 40.3 Å². The van der Waals surface area contributed by atoms with Crippen molar-refractivity contribution in [3.8, 4) is 0 Å². The predicted molar refractivity (Wildman–Crippen MR) is 134 cm³/mol. The number of aromatic nitrogens is 1. The molecule has 0 bridgehead atoms. The molecule has 166 valence electrons. The van der Waals surface area contributed by atoms with E-state index in [1.165, 1.54) is 29.5 Å². The molecule has 1 aromatic heterocycles. The molecule has 1 aliphatic rings. The molecule has 1 aliphatic heterocycles. The summed E-state index contributed by atoms with van der Waals surface area (Å²) in [5.74, 6) is -0.326. The number of carbonyl (C=O) groups is 1. The maximum Gasteiger partial charge on any atom is 0.260 e. The van der Waals surface area contributed by atoms with Crippen molar-refractivity contribution in [1.29, 1.82) is 0 Å². The van der Waals surface area contributed by atoms with Crippen LogP contribution in [0.5, 0.6) is 0 Å². The lowest BCUT2D eigenvalue weighted by Crippen LogP contribution is -2.30. The molecule has 1 atom stereocenters. The van der Waals surface area contributed by atoms with Crippen LogP contribution in [0.1, 0.15) is 23.6 Å². The van der Waals surface area contributed by atoms with Crippen LogP contribution in [0.3, 0.4) is 0 Å². The fraction of sp³-hybridized carbons (Fsp3) is 0.148. The zero-order valence-electron chi connectivity index (χ0n) is 18.2. The monoisotopic (exact) mass is 457 g/mol. The van der Waals surface area contributed by atoms with Gasteiger partial charge in [-0.3, -0.25) is 4.79 Å². The van der Waals surface area contributed by atoms with E-state index in [0.717, 1.165) is 34.1 Å². The maximum absolute atomic E-state index is 13.3. The average Bonchev–Trinajstić information content (AvgIpc) is 3.35. The Hall–Kier alpha value is -3.51. The third-order valence-electron chi connectivity index (χ3n) is 5.76. The predicted octanol–water partition coefficient (Wildman–Crippen LogP) is 5.99. The minimum absolute atomic E-state index is 0.0851. The van der Waals surface area contributed by atoms with Gasteiger partial charge in [0.25, 0.3) is 5.91 Å². The molecule has 4 aromatic rings. The summed E-state index contributed by atoms with van der Waals surface area (Å²) in [6.45, 7) is 2.75. The zero-order chi connectivity index (χ0) is 22.8. The quantitative estimate of drug-likeness (QED) is 0.350. The Kier molecular flexibility index (Phi) is 5.92. The molecular weight excluding hydrogens is 433 g/mol. The SMILES string of the molecule is CCc1ccc(N[C@@H]2NC(=O)/C(=C/c3cn(Cc4ccc(F)cc4)c4ccccc34)S2)cc1. The summed E-state index contributed by atoms with van der Waals surface area (Å²) in [5, 5.41) is 7.45. The minimum atomic E-state index is -0.240. The maximum atomic E-state index is 13.3. The number of amides is 1. The van der Waals surface area contributed by atoms with Crippen LogP contribution in [0.25, 0.3) is 17.0 Å². The van der Waals surface area contributed by atoms with Gasteiger partial charge in [0, 0.05) is 34.9 Å². The highest BCUT2D eigenvalue weighted by Gasteiger charge is 2.27. The molecule has 6 heteroatoms. The number of para-hydroxylation sites is 1. The Balaban J connectivity index is 1.39. The normalized spacial score (nSPS) is 17.0. The van der Waals surface area contributed by atoms with Crippen molar-refractivity contribution in [1.82, 2.24) is 9.88 Å². The van der Waals surface area contributed by atoms with Crippen LogP contribution in [-0.4, -0.2) is 16.0 Å². The number of carbonyl (C=O) groups excluding carboxylic acids is 1. The zero-order valence-corrected chi connectivity index (χ0v) is 19.0. The van der Waals surface area contributed by atoms with E-state index >= 15 is 0 Å². The van der Waals surface area contributed by atoms with Gasteiger partial charge in [0.2, 0.25) is 0 Å². The van der Waals surface area contributed by atoms with E-state index in [2.05, 4.69) is 52.6 Å². The summed E-state index contributed by atoms with van der Waals surface area (Å²) in [4.78, 5) is 13.3. The van der Waals surface area contributed by atoms with Crippen LogP contribution in [-0.2, 0) is 17.8 Å². The number of halogens is 1. The van der Waals surface area contributed by atoms with Crippen molar-refractivity contribution in [2.24, 2.45) is 0 Å². The molecule has 1 fully saturated rings. The molecular formula is C27H24FN3OS. The molecule has 1 amide bonds. The van der Waals surface area contributed by atoms with Gasteiger partial charge in [-0.1, -0.05) is 61.2 Å². The lowest BCUT2D eigenvalue weighted by molar-refractivity contribution is -0.116. The third kappa shape index (κ3) is 4.66. The van der Waals surface area contributed by atoms with Gasteiger partial charge in [-0.15, -0.1) is 0 Å². The highest BCUT2D eigenvalue weighted by Crippen LogP contribution is 2.33. The third-order valence-corrected chi connectivity index (χ3v) is 6.79. The number of benzene rings is 3. The van der Waals surface area contributed by atoms with Crippen molar-refractivity contribution in [3.05, 3.63) is 106 Å². The number of hydrogen-bond donors (Lipinski definition) is 2. The fourth-order valence-electron chi connectivity index (χ4n) is 4.00.